The van der Waals surface area contributed by atoms with Crippen LogP contribution < -0.4 is 5.32 Å². The second-order valence-corrected chi connectivity index (χ2v) is 4.68. The summed E-state index contributed by atoms with van der Waals surface area (Å²) >= 11 is 0. The number of carbonyl (C=O) groups excluding carboxylic acids is 1. The van der Waals surface area contributed by atoms with E-state index in [2.05, 4.69) is 5.32 Å². The summed E-state index contributed by atoms with van der Waals surface area (Å²) < 4.78 is 5.18. The fourth-order valence-corrected chi connectivity index (χ4v) is 1.78. The zero-order valence-electron chi connectivity index (χ0n) is 10.5. The first-order chi connectivity index (χ1) is 8.02. The van der Waals surface area contributed by atoms with Crippen LogP contribution in [0.1, 0.15) is 13.8 Å². The maximum absolute atomic E-state index is 12.1. The molecule has 3 N–H and O–H groups in total. The van der Waals surface area contributed by atoms with Crippen molar-refractivity contribution in [2.45, 2.75) is 25.4 Å². The summed E-state index contributed by atoms with van der Waals surface area (Å²) in [5.41, 5.74) is -0.832. The average Bonchev–Trinajstić information content (AvgIpc) is 2.38. The molecule has 1 fully saturated rings. The molecule has 1 heterocycles. The van der Waals surface area contributed by atoms with E-state index in [9.17, 15) is 4.79 Å². The fourth-order valence-electron chi connectivity index (χ4n) is 1.78. The number of rotatable bonds is 5. The Morgan fingerprint density at radius 3 is 2.41 bits per heavy atom. The summed E-state index contributed by atoms with van der Waals surface area (Å²) in [6.45, 7) is 5.30. The van der Waals surface area contributed by atoms with Gasteiger partial charge in [-0.1, -0.05) is 0 Å². The van der Waals surface area contributed by atoms with Gasteiger partial charge in [-0.2, -0.15) is 0 Å². The third kappa shape index (κ3) is 3.92. The van der Waals surface area contributed by atoms with Gasteiger partial charge in [-0.3, -0.25) is 10.1 Å². The van der Waals surface area contributed by atoms with Crippen LogP contribution >= 0.6 is 0 Å². The van der Waals surface area contributed by atoms with E-state index in [4.69, 9.17) is 14.9 Å². The molecule has 0 bridgehead atoms. The number of carbonyl (C=O) groups is 1. The number of amides is 1. The van der Waals surface area contributed by atoms with Crippen molar-refractivity contribution in [3.8, 4) is 0 Å². The predicted octanol–water partition coefficient (Wildman–Crippen LogP) is -1.43. The number of aliphatic hydroxyl groups excluding tert-OH is 2. The van der Waals surface area contributed by atoms with Crippen LogP contribution in [0.5, 0.6) is 0 Å². The Labute approximate surface area is 102 Å². The van der Waals surface area contributed by atoms with E-state index in [1.807, 2.05) is 0 Å². The normalized spacial score (nSPS) is 19.2. The quantitative estimate of drug-likeness (QED) is 0.554. The number of hydrogen-bond acceptors (Lipinski definition) is 5. The molecule has 0 aromatic carbocycles. The number of morpholine rings is 1. The van der Waals surface area contributed by atoms with Crippen LogP contribution in [-0.4, -0.2) is 72.1 Å². The van der Waals surface area contributed by atoms with Crippen LogP contribution in [0.3, 0.4) is 0 Å². The van der Waals surface area contributed by atoms with Gasteiger partial charge in [0.15, 0.2) is 0 Å². The fraction of sp³-hybridized carbons (Fsp3) is 0.909. The number of nitrogens with zero attached hydrogens (tertiary/aromatic N) is 1. The zero-order valence-corrected chi connectivity index (χ0v) is 10.5. The van der Waals surface area contributed by atoms with Gasteiger partial charge in [0.2, 0.25) is 5.91 Å². The van der Waals surface area contributed by atoms with Crippen molar-refractivity contribution in [3.05, 3.63) is 0 Å². The van der Waals surface area contributed by atoms with Gasteiger partial charge in [-0.25, -0.2) is 0 Å². The second-order valence-electron chi connectivity index (χ2n) is 4.68. The number of aliphatic hydroxyl groups is 2. The SMILES string of the molecule is CC(NC(C)(CO)CO)C(=O)N1CCOCC1. The molecule has 0 spiro atoms. The molecular formula is C11H22N2O4. The molecule has 1 unspecified atom stereocenters. The molecule has 1 amide bonds. The minimum atomic E-state index is -0.832. The second kappa shape index (κ2) is 6.30. The van der Waals surface area contributed by atoms with Gasteiger partial charge >= 0.3 is 0 Å². The van der Waals surface area contributed by atoms with Crippen molar-refractivity contribution in [1.29, 1.82) is 0 Å². The molecule has 6 heteroatoms. The minimum absolute atomic E-state index is 0.0265. The smallest absolute Gasteiger partial charge is 0.239 e. The highest BCUT2D eigenvalue weighted by atomic mass is 16.5. The van der Waals surface area contributed by atoms with Gasteiger partial charge < -0.3 is 19.8 Å². The molecule has 1 rings (SSSR count). The molecule has 0 radical (unpaired) electrons. The van der Waals surface area contributed by atoms with Crippen LogP contribution in [0.15, 0.2) is 0 Å². The standard InChI is InChI=1S/C11H22N2O4/c1-9(12-11(2,7-14)8-15)10(16)13-3-5-17-6-4-13/h9,12,14-15H,3-8H2,1-2H3. The first kappa shape index (κ1) is 14.4. The van der Waals surface area contributed by atoms with E-state index in [-0.39, 0.29) is 19.1 Å². The number of hydrogen-bond donors (Lipinski definition) is 3. The van der Waals surface area contributed by atoms with E-state index >= 15 is 0 Å². The van der Waals surface area contributed by atoms with E-state index in [1.54, 1.807) is 18.7 Å². The monoisotopic (exact) mass is 246 g/mol. The molecule has 17 heavy (non-hydrogen) atoms. The zero-order chi connectivity index (χ0) is 12.9. The molecule has 1 atom stereocenters. The first-order valence-electron chi connectivity index (χ1n) is 5.88. The molecule has 1 aliphatic heterocycles. The third-order valence-electron chi connectivity index (χ3n) is 2.96. The molecular weight excluding hydrogens is 224 g/mol. The highest BCUT2D eigenvalue weighted by Gasteiger charge is 2.29. The highest BCUT2D eigenvalue weighted by Crippen LogP contribution is 2.06. The van der Waals surface area contributed by atoms with E-state index in [0.29, 0.717) is 26.3 Å². The van der Waals surface area contributed by atoms with Gasteiger partial charge in [0.25, 0.3) is 0 Å². The van der Waals surface area contributed by atoms with Crippen LogP contribution in [0.2, 0.25) is 0 Å². The van der Waals surface area contributed by atoms with Crippen LogP contribution in [0.4, 0.5) is 0 Å². The van der Waals surface area contributed by atoms with Crippen LogP contribution in [-0.2, 0) is 9.53 Å². The minimum Gasteiger partial charge on any atom is -0.394 e. The summed E-state index contributed by atoms with van der Waals surface area (Å²) in [7, 11) is 0. The molecule has 0 aromatic rings. The van der Waals surface area contributed by atoms with Crippen molar-refractivity contribution in [3.63, 3.8) is 0 Å². The average molecular weight is 246 g/mol. The molecule has 0 aliphatic carbocycles. The van der Waals surface area contributed by atoms with Crippen molar-refractivity contribution in [1.82, 2.24) is 10.2 Å². The van der Waals surface area contributed by atoms with E-state index in [1.165, 1.54) is 0 Å². The van der Waals surface area contributed by atoms with Crippen LogP contribution in [0.25, 0.3) is 0 Å². The maximum Gasteiger partial charge on any atom is 0.239 e. The lowest BCUT2D eigenvalue weighted by Gasteiger charge is -2.34. The lowest BCUT2D eigenvalue weighted by Crippen LogP contribution is -2.58. The predicted molar refractivity (Wildman–Crippen MR) is 62.6 cm³/mol. The Balaban J connectivity index is 2.50. The van der Waals surface area contributed by atoms with Crippen molar-refractivity contribution in [2.24, 2.45) is 0 Å². The maximum atomic E-state index is 12.1. The van der Waals surface area contributed by atoms with E-state index < -0.39 is 11.6 Å². The van der Waals surface area contributed by atoms with Gasteiger partial charge in [0.1, 0.15) is 0 Å². The molecule has 0 saturated carbocycles. The lowest BCUT2D eigenvalue weighted by molar-refractivity contribution is -0.137. The molecule has 1 saturated heterocycles. The number of ether oxygens (including phenoxy) is 1. The van der Waals surface area contributed by atoms with Gasteiger partial charge in [-0.05, 0) is 13.8 Å². The Bertz CT molecular complexity index is 250. The van der Waals surface area contributed by atoms with Crippen molar-refractivity contribution in [2.75, 3.05) is 39.5 Å². The van der Waals surface area contributed by atoms with Gasteiger partial charge in [0.05, 0.1) is 38.0 Å². The van der Waals surface area contributed by atoms with Gasteiger partial charge in [-0.15, -0.1) is 0 Å². The van der Waals surface area contributed by atoms with Crippen molar-refractivity contribution < 1.29 is 19.7 Å². The summed E-state index contributed by atoms with van der Waals surface area (Å²) in [4.78, 5) is 13.8. The highest BCUT2D eigenvalue weighted by molar-refractivity contribution is 5.81. The van der Waals surface area contributed by atoms with E-state index in [0.717, 1.165) is 0 Å². The number of nitrogens with one attached hydrogen (secondary N) is 1. The molecule has 6 nitrogen and oxygen atoms in total. The Kier molecular flexibility index (Phi) is 5.32. The Morgan fingerprint density at radius 2 is 1.94 bits per heavy atom. The van der Waals surface area contributed by atoms with Crippen molar-refractivity contribution >= 4 is 5.91 Å². The third-order valence-corrected chi connectivity index (χ3v) is 2.96. The van der Waals surface area contributed by atoms with Gasteiger partial charge in [0, 0.05) is 13.1 Å². The lowest BCUT2D eigenvalue weighted by atomic mass is 10.0. The topological polar surface area (TPSA) is 82.0 Å². The largest absolute Gasteiger partial charge is 0.394 e. The Hall–Kier alpha value is -0.690. The molecule has 0 aromatic heterocycles. The Morgan fingerprint density at radius 1 is 1.41 bits per heavy atom. The summed E-state index contributed by atoms with van der Waals surface area (Å²) in [6.07, 6.45) is 0. The van der Waals surface area contributed by atoms with Crippen LogP contribution in [0, 0.1) is 0 Å². The first-order valence-corrected chi connectivity index (χ1v) is 5.88. The summed E-state index contributed by atoms with van der Waals surface area (Å²) in [5, 5.41) is 21.3. The summed E-state index contributed by atoms with van der Waals surface area (Å²) in [6, 6.07) is -0.433. The molecule has 1 aliphatic rings. The molecule has 100 valence electrons. The summed E-state index contributed by atoms with van der Waals surface area (Å²) in [5.74, 6) is -0.0265.